The first-order chi connectivity index (χ1) is 11.5. The van der Waals surface area contributed by atoms with E-state index in [1.165, 1.54) is 0 Å². The second-order valence-corrected chi connectivity index (χ2v) is 6.17. The lowest BCUT2D eigenvalue weighted by molar-refractivity contribution is -0.127. The first-order valence-electron chi connectivity index (χ1n) is 8.10. The van der Waals surface area contributed by atoms with Crippen LogP contribution in [0.1, 0.15) is 6.92 Å². The highest BCUT2D eigenvalue weighted by molar-refractivity contribution is 14.0. The van der Waals surface area contributed by atoms with Crippen LogP contribution in [-0.4, -0.2) is 80.0 Å². The van der Waals surface area contributed by atoms with Gasteiger partial charge in [-0.3, -0.25) is 9.78 Å². The molecule has 0 spiro atoms. The number of piperazine rings is 1. The van der Waals surface area contributed by atoms with Gasteiger partial charge in [0.25, 0.3) is 0 Å². The molecule has 140 valence electrons. The molecule has 2 heterocycles. The molecule has 9 heteroatoms. The highest BCUT2D eigenvalue weighted by Crippen LogP contribution is 2.25. The topological polar surface area (TPSA) is 64.1 Å². The summed E-state index contributed by atoms with van der Waals surface area (Å²) in [7, 11) is 3.48. The number of hydrogen-bond acceptors (Lipinski definition) is 4. The maximum atomic E-state index is 11.8. The highest BCUT2D eigenvalue weighted by atomic mass is 127. The number of hydrogen-bond donors (Lipinski definition) is 1. The fourth-order valence-electron chi connectivity index (χ4n) is 2.49. The number of likely N-dealkylation sites (N-methyl/N-ethyl adjacent to an activating group) is 1. The number of carbonyl (C=O) groups is 1. The zero-order valence-electron chi connectivity index (χ0n) is 14.9. The molecule has 0 bridgehead atoms. The summed E-state index contributed by atoms with van der Waals surface area (Å²) in [6, 6.07) is 1.94. The predicted molar refractivity (Wildman–Crippen MR) is 113 cm³/mol. The van der Waals surface area contributed by atoms with Crippen molar-refractivity contribution in [1.82, 2.24) is 20.1 Å². The van der Waals surface area contributed by atoms with Crippen molar-refractivity contribution < 1.29 is 4.79 Å². The number of halogens is 2. The summed E-state index contributed by atoms with van der Waals surface area (Å²) in [5.41, 5.74) is 1.01. The molecule has 1 aliphatic rings. The molecule has 1 aliphatic heterocycles. The van der Waals surface area contributed by atoms with Gasteiger partial charge in [0.2, 0.25) is 5.91 Å². The number of guanidine groups is 1. The van der Waals surface area contributed by atoms with E-state index in [0.717, 1.165) is 44.4 Å². The normalized spacial score (nSPS) is 14.8. The van der Waals surface area contributed by atoms with Crippen molar-refractivity contribution in [2.24, 2.45) is 4.99 Å². The van der Waals surface area contributed by atoms with Crippen molar-refractivity contribution in [2.75, 3.05) is 58.3 Å². The van der Waals surface area contributed by atoms with E-state index in [1.807, 2.05) is 13.0 Å². The lowest BCUT2D eigenvalue weighted by Gasteiger charge is -2.38. The van der Waals surface area contributed by atoms with Gasteiger partial charge in [0, 0.05) is 59.2 Å². The Morgan fingerprint density at radius 3 is 2.60 bits per heavy atom. The van der Waals surface area contributed by atoms with Crippen LogP contribution >= 0.6 is 35.6 Å². The van der Waals surface area contributed by atoms with Crippen molar-refractivity contribution >= 4 is 53.1 Å². The molecule has 0 aromatic carbocycles. The first-order valence-corrected chi connectivity index (χ1v) is 8.48. The third-order valence-corrected chi connectivity index (χ3v) is 4.16. The molecule has 7 nitrogen and oxygen atoms in total. The van der Waals surface area contributed by atoms with Crippen molar-refractivity contribution in [1.29, 1.82) is 0 Å². The maximum absolute atomic E-state index is 11.8. The zero-order valence-corrected chi connectivity index (χ0v) is 18.0. The van der Waals surface area contributed by atoms with E-state index < -0.39 is 0 Å². The Bertz CT molecular complexity index is 590. The van der Waals surface area contributed by atoms with E-state index in [9.17, 15) is 4.79 Å². The number of nitrogens with one attached hydrogen (secondary N) is 1. The summed E-state index contributed by atoms with van der Waals surface area (Å²) in [5.74, 6) is 0.779. The minimum Gasteiger partial charge on any atom is -0.367 e. The number of pyridine rings is 1. The zero-order chi connectivity index (χ0) is 17.5. The predicted octanol–water partition coefficient (Wildman–Crippen LogP) is 1.53. The third kappa shape index (κ3) is 6.18. The fourth-order valence-corrected chi connectivity index (χ4v) is 2.73. The number of nitrogens with zero attached hydrogens (tertiary/aromatic N) is 5. The molecule has 0 saturated carbocycles. The van der Waals surface area contributed by atoms with Gasteiger partial charge in [-0.1, -0.05) is 11.6 Å². The quantitative estimate of drug-likeness (QED) is 0.402. The van der Waals surface area contributed by atoms with Crippen molar-refractivity contribution in [3.63, 3.8) is 0 Å². The standard InChI is InChI=1S/C16H25ClN6O.HI/c1-4-19-16(20-12-15(24)21(2)3)23-9-7-22(8-10-23)14-5-6-18-11-13(14)17;/h5-6,11H,4,7-10,12H2,1-3H3,(H,19,20);1H. The summed E-state index contributed by atoms with van der Waals surface area (Å²) >= 11 is 6.22. The Balaban J connectivity index is 0.00000312. The van der Waals surface area contributed by atoms with E-state index in [2.05, 4.69) is 25.1 Å². The Hall–Kier alpha value is -1.29. The molecule has 1 aromatic rings. The fraction of sp³-hybridized carbons (Fsp3) is 0.562. The van der Waals surface area contributed by atoms with Gasteiger partial charge in [-0.05, 0) is 13.0 Å². The highest BCUT2D eigenvalue weighted by Gasteiger charge is 2.21. The van der Waals surface area contributed by atoms with Crippen LogP contribution in [0, 0.1) is 0 Å². The van der Waals surface area contributed by atoms with Gasteiger partial charge in [0.05, 0.1) is 10.7 Å². The number of aliphatic imine (C=N–C) groups is 1. The van der Waals surface area contributed by atoms with Gasteiger partial charge in [0.1, 0.15) is 6.54 Å². The maximum Gasteiger partial charge on any atom is 0.243 e. The molecule has 1 aromatic heterocycles. The Kier molecular flexibility index (Phi) is 9.26. The second-order valence-electron chi connectivity index (χ2n) is 5.76. The minimum absolute atomic E-state index is 0. The number of aromatic nitrogens is 1. The van der Waals surface area contributed by atoms with E-state index in [1.54, 1.807) is 31.4 Å². The number of carbonyl (C=O) groups excluding carboxylic acids is 1. The molecule has 1 amide bonds. The average molecular weight is 481 g/mol. The first kappa shape index (κ1) is 21.8. The van der Waals surface area contributed by atoms with E-state index in [-0.39, 0.29) is 36.4 Å². The molecular formula is C16H26ClIN6O. The van der Waals surface area contributed by atoms with Gasteiger partial charge in [-0.25, -0.2) is 4.99 Å². The van der Waals surface area contributed by atoms with Gasteiger partial charge in [0.15, 0.2) is 5.96 Å². The molecule has 0 aliphatic carbocycles. The van der Waals surface area contributed by atoms with Gasteiger partial charge < -0.3 is 20.0 Å². The smallest absolute Gasteiger partial charge is 0.243 e. The average Bonchev–Trinajstić information content (AvgIpc) is 2.59. The van der Waals surface area contributed by atoms with E-state index >= 15 is 0 Å². The van der Waals surface area contributed by atoms with Crippen LogP contribution in [-0.2, 0) is 4.79 Å². The Morgan fingerprint density at radius 1 is 1.36 bits per heavy atom. The van der Waals surface area contributed by atoms with Gasteiger partial charge >= 0.3 is 0 Å². The van der Waals surface area contributed by atoms with E-state index in [4.69, 9.17) is 11.6 Å². The largest absolute Gasteiger partial charge is 0.367 e. The summed E-state index contributed by atoms with van der Waals surface area (Å²) in [4.78, 5) is 26.2. The molecule has 1 fully saturated rings. The SMILES string of the molecule is CCNC(=NCC(=O)N(C)C)N1CCN(c2ccncc2Cl)CC1.I. The molecular weight excluding hydrogens is 455 g/mol. The van der Waals surface area contributed by atoms with Crippen LogP contribution in [0.2, 0.25) is 5.02 Å². The number of rotatable bonds is 4. The van der Waals surface area contributed by atoms with Crippen LogP contribution in [0.5, 0.6) is 0 Å². The molecule has 0 atom stereocenters. The molecule has 0 unspecified atom stereocenters. The van der Waals surface area contributed by atoms with Crippen LogP contribution in [0.4, 0.5) is 5.69 Å². The third-order valence-electron chi connectivity index (χ3n) is 3.87. The molecule has 2 rings (SSSR count). The molecule has 1 N–H and O–H groups in total. The van der Waals surface area contributed by atoms with Gasteiger partial charge in [-0.2, -0.15) is 0 Å². The summed E-state index contributed by atoms with van der Waals surface area (Å²) in [6.45, 7) is 6.28. The van der Waals surface area contributed by atoms with Crippen molar-refractivity contribution in [2.45, 2.75) is 6.92 Å². The lowest BCUT2D eigenvalue weighted by atomic mass is 10.2. The second kappa shape index (κ2) is 10.6. The van der Waals surface area contributed by atoms with Crippen molar-refractivity contribution in [3.05, 3.63) is 23.5 Å². The number of amides is 1. The Morgan fingerprint density at radius 2 is 2.04 bits per heavy atom. The number of anilines is 1. The van der Waals surface area contributed by atoms with Crippen LogP contribution in [0.15, 0.2) is 23.5 Å². The Labute approximate surface area is 171 Å². The van der Waals surface area contributed by atoms with Gasteiger partial charge in [-0.15, -0.1) is 24.0 Å². The summed E-state index contributed by atoms with van der Waals surface area (Å²) < 4.78 is 0. The summed E-state index contributed by atoms with van der Waals surface area (Å²) in [6.07, 6.45) is 3.42. The molecule has 25 heavy (non-hydrogen) atoms. The summed E-state index contributed by atoms with van der Waals surface area (Å²) in [5, 5.41) is 3.93. The van der Waals surface area contributed by atoms with Crippen molar-refractivity contribution in [3.8, 4) is 0 Å². The lowest BCUT2D eigenvalue weighted by Crippen LogP contribution is -2.52. The molecule has 1 saturated heterocycles. The van der Waals surface area contributed by atoms with Crippen LogP contribution < -0.4 is 10.2 Å². The van der Waals surface area contributed by atoms with E-state index in [0.29, 0.717) is 5.02 Å². The monoisotopic (exact) mass is 480 g/mol. The van der Waals surface area contributed by atoms with Crippen LogP contribution in [0.25, 0.3) is 0 Å². The van der Waals surface area contributed by atoms with Crippen LogP contribution in [0.3, 0.4) is 0 Å². The minimum atomic E-state index is -0.00685. The molecule has 0 radical (unpaired) electrons.